The summed E-state index contributed by atoms with van der Waals surface area (Å²) in [4.78, 5) is 26.6. The summed E-state index contributed by atoms with van der Waals surface area (Å²) in [5, 5.41) is 9.27. The zero-order valence-electron chi connectivity index (χ0n) is 16.7. The maximum atomic E-state index is 13.4. The Morgan fingerprint density at radius 1 is 0.774 bits per heavy atom. The van der Waals surface area contributed by atoms with Crippen LogP contribution < -0.4 is 16.6 Å². The fourth-order valence-corrected chi connectivity index (χ4v) is 3.87. The van der Waals surface area contributed by atoms with E-state index in [1.54, 1.807) is 28.8 Å². The van der Waals surface area contributed by atoms with Crippen LogP contribution in [0.3, 0.4) is 0 Å². The smallest absolute Gasteiger partial charge is 0.214 e. The first-order valence-electron chi connectivity index (χ1n) is 9.82. The van der Waals surface area contributed by atoms with E-state index in [2.05, 4.69) is 10.2 Å². The number of nitrogen functional groups attached to an aromatic ring is 1. The van der Waals surface area contributed by atoms with Crippen LogP contribution in [0.1, 0.15) is 5.56 Å². The summed E-state index contributed by atoms with van der Waals surface area (Å²) in [6.45, 7) is 1.97. The van der Waals surface area contributed by atoms with Crippen LogP contribution in [0.15, 0.2) is 88.5 Å². The maximum absolute atomic E-state index is 13.4. The standard InChI is InChI=1S/C25H18N4O2/c1-15-8-7-11-17(14-15)29-24(26)20-21(27-28-25(29)16-9-3-2-4-10-16)23(31)19-13-6-5-12-18(19)22(20)30/h2-14H,26H2,1H3. The summed E-state index contributed by atoms with van der Waals surface area (Å²) in [6, 6.07) is 23.8. The fraction of sp³-hybridized carbons (Fsp3) is 0.0400. The first kappa shape index (κ1) is 18.7. The molecule has 150 valence electrons. The molecule has 2 aliphatic rings. The van der Waals surface area contributed by atoms with Gasteiger partial charge in [0, 0.05) is 22.0 Å². The summed E-state index contributed by atoms with van der Waals surface area (Å²) < 4.78 is 1.69. The van der Waals surface area contributed by atoms with E-state index in [0.29, 0.717) is 16.6 Å². The quantitative estimate of drug-likeness (QED) is 0.481. The Balaban J connectivity index is 2.03. The third-order valence-electron chi connectivity index (χ3n) is 5.34. The Morgan fingerprint density at radius 2 is 1.45 bits per heavy atom. The molecule has 0 unspecified atom stereocenters. The normalized spacial score (nSPS) is 11.1. The van der Waals surface area contributed by atoms with Gasteiger partial charge in [0.2, 0.25) is 5.43 Å². The molecule has 1 heterocycles. The number of anilines is 1. The monoisotopic (exact) mass is 406 g/mol. The van der Waals surface area contributed by atoms with Gasteiger partial charge in [-0.1, -0.05) is 66.7 Å². The third-order valence-corrected chi connectivity index (χ3v) is 5.34. The molecule has 6 nitrogen and oxygen atoms in total. The van der Waals surface area contributed by atoms with Crippen molar-refractivity contribution in [3.05, 3.63) is 105 Å². The van der Waals surface area contributed by atoms with Crippen LogP contribution in [0, 0.1) is 6.92 Å². The summed E-state index contributed by atoms with van der Waals surface area (Å²) in [5.74, 6) is 0.556. The van der Waals surface area contributed by atoms with E-state index in [4.69, 9.17) is 5.73 Å². The SMILES string of the molecule is Cc1cccc(-n2c(-c3ccccc3)nnc3c(=O)c4ccccc4c(=O)c-3c2N)c1. The Labute approximate surface area is 177 Å². The average molecular weight is 406 g/mol. The molecule has 0 atom stereocenters. The number of nitrogens with zero attached hydrogens (tertiary/aromatic N) is 3. The summed E-state index contributed by atoms with van der Waals surface area (Å²) >= 11 is 0. The Bertz CT molecular complexity index is 1540. The second-order valence-corrected chi connectivity index (χ2v) is 7.38. The largest absolute Gasteiger partial charge is 0.384 e. The predicted molar refractivity (Wildman–Crippen MR) is 123 cm³/mol. The van der Waals surface area contributed by atoms with Crippen LogP contribution in [-0.4, -0.2) is 14.8 Å². The predicted octanol–water partition coefficient (Wildman–Crippen LogP) is 3.80. The molecule has 5 rings (SSSR count). The van der Waals surface area contributed by atoms with Crippen molar-refractivity contribution in [3.63, 3.8) is 0 Å². The number of hydrogen-bond donors (Lipinski definition) is 1. The molecule has 3 aromatic carbocycles. The third kappa shape index (κ3) is 2.97. The minimum atomic E-state index is -0.365. The highest BCUT2D eigenvalue weighted by molar-refractivity contribution is 5.92. The Kier molecular flexibility index (Phi) is 4.33. The molecule has 0 amide bonds. The molecule has 0 aromatic heterocycles. The minimum Gasteiger partial charge on any atom is -0.384 e. The summed E-state index contributed by atoms with van der Waals surface area (Å²) in [6.07, 6.45) is 0. The van der Waals surface area contributed by atoms with Crippen LogP contribution >= 0.6 is 0 Å². The van der Waals surface area contributed by atoms with Gasteiger partial charge in [-0.2, -0.15) is 0 Å². The number of fused-ring (bicyclic) bond motifs is 2. The number of rotatable bonds is 2. The minimum absolute atomic E-state index is 0.0372. The van der Waals surface area contributed by atoms with E-state index in [1.165, 1.54) is 0 Å². The molecule has 0 saturated heterocycles. The van der Waals surface area contributed by atoms with E-state index >= 15 is 0 Å². The van der Waals surface area contributed by atoms with Gasteiger partial charge in [0.1, 0.15) is 11.5 Å². The van der Waals surface area contributed by atoms with Crippen molar-refractivity contribution < 1.29 is 0 Å². The van der Waals surface area contributed by atoms with Gasteiger partial charge in [0.25, 0.3) is 0 Å². The van der Waals surface area contributed by atoms with Gasteiger partial charge in [-0.3, -0.25) is 14.2 Å². The lowest BCUT2D eigenvalue weighted by Crippen LogP contribution is -2.20. The molecular weight excluding hydrogens is 388 g/mol. The van der Waals surface area contributed by atoms with Gasteiger partial charge >= 0.3 is 0 Å². The Morgan fingerprint density at radius 3 is 2.16 bits per heavy atom. The zero-order chi connectivity index (χ0) is 21.5. The van der Waals surface area contributed by atoms with Crippen molar-refractivity contribution in [2.24, 2.45) is 0 Å². The highest BCUT2D eigenvalue weighted by atomic mass is 16.1. The molecule has 0 spiro atoms. The second-order valence-electron chi connectivity index (χ2n) is 7.38. The van der Waals surface area contributed by atoms with Gasteiger partial charge in [-0.15, -0.1) is 10.2 Å². The first-order chi connectivity index (χ1) is 15.1. The lowest BCUT2D eigenvalue weighted by Gasteiger charge is -2.14. The van der Waals surface area contributed by atoms with Crippen molar-refractivity contribution in [3.8, 4) is 28.3 Å². The number of hydrogen-bond acceptors (Lipinski definition) is 5. The van der Waals surface area contributed by atoms with E-state index in [0.717, 1.165) is 16.8 Å². The zero-order valence-corrected chi connectivity index (χ0v) is 16.7. The molecule has 0 saturated carbocycles. The molecule has 6 heteroatoms. The molecule has 2 N–H and O–H groups in total. The average Bonchev–Trinajstić information content (AvgIpc) is 2.95. The number of aryl methyl sites for hydroxylation is 1. The van der Waals surface area contributed by atoms with Gasteiger partial charge in [-0.05, 0) is 24.6 Å². The van der Waals surface area contributed by atoms with Crippen LogP contribution in [0.25, 0.3) is 39.1 Å². The van der Waals surface area contributed by atoms with Crippen molar-refractivity contribution in [1.82, 2.24) is 14.8 Å². The van der Waals surface area contributed by atoms with Gasteiger partial charge in [-0.25, -0.2) is 0 Å². The van der Waals surface area contributed by atoms with Gasteiger partial charge in [0.15, 0.2) is 11.3 Å². The van der Waals surface area contributed by atoms with Crippen LogP contribution in [0.4, 0.5) is 5.82 Å². The molecule has 0 fully saturated rings. The van der Waals surface area contributed by atoms with E-state index in [-0.39, 0.29) is 27.9 Å². The van der Waals surface area contributed by atoms with E-state index < -0.39 is 0 Å². The highest BCUT2D eigenvalue weighted by Crippen LogP contribution is 2.29. The van der Waals surface area contributed by atoms with Gasteiger partial charge in [0.05, 0.1) is 5.56 Å². The van der Waals surface area contributed by atoms with Crippen molar-refractivity contribution >= 4 is 16.6 Å². The molecule has 0 bridgehead atoms. The van der Waals surface area contributed by atoms with Crippen molar-refractivity contribution in [2.45, 2.75) is 6.92 Å². The van der Waals surface area contributed by atoms with Crippen LogP contribution in [0.2, 0.25) is 0 Å². The number of aromatic nitrogens is 3. The molecule has 3 aromatic rings. The van der Waals surface area contributed by atoms with Gasteiger partial charge < -0.3 is 5.73 Å². The molecular formula is C25H18N4O2. The topological polar surface area (TPSA) is 90.9 Å². The Hall–Kier alpha value is -4.32. The molecule has 1 aliphatic carbocycles. The first-order valence-corrected chi connectivity index (χ1v) is 9.82. The van der Waals surface area contributed by atoms with Crippen molar-refractivity contribution in [2.75, 3.05) is 5.73 Å². The highest BCUT2D eigenvalue weighted by Gasteiger charge is 2.23. The lowest BCUT2D eigenvalue weighted by atomic mass is 10.0. The lowest BCUT2D eigenvalue weighted by molar-refractivity contribution is 0.971. The van der Waals surface area contributed by atoms with Crippen LogP contribution in [0.5, 0.6) is 0 Å². The second kappa shape index (κ2) is 7.18. The van der Waals surface area contributed by atoms with E-state index in [1.807, 2.05) is 61.5 Å². The summed E-state index contributed by atoms with van der Waals surface area (Å²) in [7, 11) is 0. The molecule has 0 radical (unpaired) electrons. The number of nitrogens with two attached hydrogens (primary N) is 1. The van der Waals surface area contributed by atoms with E-state index in [9.17, 15) is 9.59 Å². The maximum Gasteiger partial charge on any atom is 0.214 e. The molecule has 31 heavy (non-hydrogen) atoms. The molecule has 1 aliphatic heterocycles. The van der Waals surface area contributed by atoms with Crippen molar-refractivity contribution in [1.29, 1.82) is 0 Å². The number of benzene rings is 4. The summed E-state index contributed by atoms with van der Waals surface area (Å²) in [5.41, 5.74) is 8.45. The fourth-order valence-electron chi connectivity index (χ4n) is 3.87. The van der Waals surface area contributed by atoms with Crippen LogP contribution in [-0.2, 0) is 0 Å².